The van der Waals surface area contributed by atoms with E-state index in [1.54, 1.807) is 0 Å². The Bertz CT molecular complexity index is 439. The van der Waals surface area contributed by atoms with Crippen molar-refractivity contribution in [3.05, 3.63) is 23.2 Å². The molecular weight excluding hydrogens is 262 g/mol. The number of furan rings is 1. The number of likely N-dealkylation sites (tertiary alicyclic amines) is 1. The number of nitrogens with one attached hydrogen (secondary N) is 1. The minimum atomic E-state index is 0.673. The van der Waals surface area contributed by atoms with Gasteiger partial charge in [0, 0.05) is 19.1 Å². The highest BCUT2D eigenvalue weighted by atomic mass is 16.3. The molecule has 4 nitrogen and oxygen atoms in total. The number of hydrogen-bond acceptors (Lipinski definition) is 4. The van der Waals surface area contributed by atoms with Gasteiger partial charge in [0.1, 0.15) is 11.5 Å². The molecule has 4 heteroatoms. The zero-order valence-corrected chi connectivity index (χ0v) is 14.3. The fraction of sp³-hybridized carbons (Fsp3) is 0.765. The van der Waals surface area contributed by atoms with Gasteiger partial charge in [-0.05, 0) is 51.5 Å². The van der Waals surface area contributed by atoms with Crippen LogP contribution in [0.5, 0.6) is 0 Å². The lowest BCUT2D eigenvalue weighted by molar-refractivity contribution is 0.249. The van der Waals surface area contributed by atoms with Gasteiger partial charge in [-0.2, -0.15) is 0 Å². The van der Waals surface area contributed by atoms with Crippen LogP contribution in [0.25, 0.3) is 0 Å². The van der Waals surface area contributed by atoms with Crippen molar-refractivity contribution in [2.24, 2.45) is 5.92 Å². The van der Waals surface area contributed by atoms with Gasteiger partial charge in [-0.3, -0.25) is 4.90 Å². The molecule has 1 saturated heterocycles. The fourth-order valence-corrected chi connectivity index (χ4v) is 2.92. The zero-order chi connectivity index (χ0) is 15.4. The van der Waals surface area contributed by atoms with E-state index >= 15 is 0 Å². The van der Waals surface area contributed by atoms with Gasteiger partial charge >= 0.3 is 0 Å². The van der Waals surface area contributed by atoms with Crippen LogP contribution in [0.15, 0.2) is 10.5 Å². The summed E-state index contributed by atoms with van der Waals surface area (Å²) in [5.41, 5.74) is 1.27. The van der Waals surface area contributed by atoms with E-state index < -0.39 is 0 Å². The van der Waals surface area contributed by atoms with Crippen molar-refractivity contribution in [3.8, 4) is 0 Å². The molecular formula is C17H31N3O. The SMILES string of the molecule is Cc1cc(CN2CCC(N(C)C)C2)oc1CNCC(C)C. The Labute approximate surface area is 129 Å². The largest absolute Gasteiger partial charge is 0.463 e. The molecule has 1 aliphatic heterocycles. The normalized spacial score (nSPS) is 20.0. The van der Waals surface area contributed by atoms with Crippen molar-refractivity contribution < 1.29 is 4.42 Å². The Kier molecular flexibility index (Phi) is 5.85. The first-order valence-corrected chi connectivity index (χ1v) is 8.13. The summed E-state index contributed by atoms with van der Waals surface area (Å²) < 4.78 is 6.04. The quantitative estimate of drug-likeness (QED) is 0.837. The summed E-state index contributed by atoms with van der Waals surface area (Å²) in [4.78, 5) is 4.82. The molecule has 1 aromatic heterocycles. The summed E-state index contributed by atoms with van der Waals surface area (Å²) in [5, 5.41) is 3.46. The van der Waals surface area contributed by atoms with Gasteiger partial charge in [-0.15, -0.1) is 0 Å². The van der Waals surface area contributed by atoms with Gasteiger partial charge in [0.05, 0.1) is 13.1 Å². The fourth-order valence-electron chi connectivity index (χ4n) is 2.92. The molecule has 120 valence electrons. The van der Waals surface area contributed by atoms with Gasteiger partial charge in [0.25, 0.3) is 0 Å². The summed E-state index contributed by atoms with van der Waals surface area (Å²) in [7, 11) is 4.34. The lowest BCUT2D eigenvalue weighted by Crippen LogP contribution is -2.31. The number of nitrogens with zero attached hydrogens (tertiary/aromatic N) is 2. The van der Waals surface area contributed by atoms with Crippen LogP contribution in [-0.4, -0.2) is 49.6 Å². The second-order valence-electron chi connectivity index (χ2n) is 6.98. The molecule has 0 radical (unpaired) electrons. The number of hydrogen-bond donors (Lipinski definition) is 1. The number of aryl methyl sites for hydroxylation is 1. The molecule has 0 bridgehead atoms. The van der Waals surface area contributed by atoms with E-state index in [1.807, 2.05) is 0 Å². The van der Waals surface area contributed by atoms with Crippen molar-refractivity contribution in [1.29, 1.82) is 0 Å². The molecule has 1 unspecified atom stereocenters. The lowest BCUT2D eigenvalue weighted by Gasteiger charge is -2.19. The van der Waals surface area contributed by atoms with E-state index in [0.717, 1.165) is 37.7 Å². The van der Waals surface area contributed by atoms with Crippen LogP contribution < -0.4 is 5.32 Å². The third-order valence-corrected chi connectivity index (χ3v) is 4.27. The summed E-state index contributed by atoms with van der Waals surface area (Å²) in [6.45, 7) is 11.7. The first kappa shape index (κ1) is 16.5. The minimum absolute atomic E-state index is 0.673. The van der Waals surface area contributed by atoms with Gasteiger partial charge < -0.3 is 14.6 Å². The maximum atomic E-state index is 6.04. The second-order valence-corrected chi connectivity index (χ2v) is 6.98. The topological polar surface area (TPSA) is 31.6 Å². The summed E-state index contributed by atoms with van der Waals surface area (Å²) in [5.74, 6) is 2.87. The van der Waals surface area contributed by atoms with Crippen LogP contribution in [0.2, 0.25) is 0 Å². The molecule has 2 heterocycles. The highest BCUT2D eigenvalue weighted by Gasteiger charge is 2.24. The summed E-state index contributed by atoms with van der Waals surface area (Å²) in [6.07, 6.45) is 1.26. The molecule has 1 fully saturated rings. The molecule has 0 spiro atoms. The Balaban J connectivity index is 1.84. The Morgan fingerprint density at radius 3 is 2.81 bits per heavy atom. The molecule has 0 amide bonds. The summed E-state index contributed by atoms with van der Waals surface area (Å²) >= 11 is 0. The van der Waals surface area contributed by atoms with Crippen molar-refractivity contribution in [2.45, 2.75) is 46.3 Å². The van der Waals surface area contributed by atoms with Gasteiger partial charge in [0.2, 0.25) is 0 Å². The maximum Gasteiger partial charge on any atom is 0.120 e. The van der Waals surface area contributed by atoms with Crippen LogP contribution in [0, 0.1) is 12.8 Å². The molecule has 1 N–H and O–H groups in total. The minimum Gasteiger partial charge on any atom is -0.463 e. The highest BCUT2D eigenvalue weighted by Crippen LogP contribution is 2.20. The number of likely N-dealkylation sites (N-methyl/N-ethyl adjacent to an activating group) is 1. The molecule has 0 saturated carbocycles. The average Bonchev–Trinajstić information content (AvgIpc) is 2.97. The van der Waals surface area contributed by atoms with E-state index in [1.165, 1.54) is 18.5 Å². The van der Waals surface area contributed by atoms with Crippen LogP contribution in [0.3, 0.4) is 0 Å². The first-order chi connectivity index (χ1) is 9.95. The Hall–Kier alpha value is -0.840. The second kappa shape index (κ2) is 7.43. The van der Waals surface area contributed by atoms with Crippen LogP contribution in [0.4, 0.5) is 0 Å². The van der Waals surface area contributed by atoms with Gasteiger partial charge in [-0.25, -0.2) is 0 Å². The smallest absolute Gasteiger partial charge is 0.120 e. The van der Waals surface area contributed by atoms with Crippen LogP contribution in [-0.2, 0) is 13.1 Å². The molecule has 2 rings (SSSR count). The average molecular weight is 293 g/mol. The maximum absolute atomic E-state index is 6.04. The standard InChI is InChI=1S/C17H31N3O/c1-13(2)9-18-10-17-14(3)8-16(21-17)12-20-7-6-15(11-20)19(4)5/h8,13,15,18H,6-7,9-12H2,1-5H3. The predicted molar refractivity (Wildman–Crippen MR) is 87.4 cm³/mol. The lowest BCUT2D eigenvalue weighted by atomic mass is 10.2. The predicted octanol–water partition coefficient (Wildman–Crippen LogP) is 2.47. The van der Waals surface area contributed by atoms with Gasteiger partial charge in [0.15, 0.2) is 0 Å². The third-order valence-electron chi connectivity index (χ3n) is 4.27. The van der Waals surface area contributed by atoms with Gasteiger partial charge in [-0.1, -0.05) is 13.8 Å². The van der Waals surface area contributed by atoms with Crippen molar-refractivity contribution in [2.75, 3.05) is 33.7 Å². The monoisotopic (exact) mass is 293 g/mol. The van der Waals surface area contributed by atoms with E-state index in [4.69, 9.17) is 4.42 Å². The van der Waals surface area contributed by atoms with Crippen molar-refractivity contribution >= 4 is 0 Å². The Morgan fingerprint density at radius 1 is 1.43 bits per heavy atom. The number of rotatable bonds is 7. The third kappa shape index (κ3) is 4.83. The van der Waals surface area contributed by atoms with E-state index in [9.17, 15) is 0 Å². The van der Waals surface area contributed by atoms with Crippen LogP contribution >= 0.6 is 0 Å². The molecule has 0 aromatic carbocycles. The summed E-state index contributed by atoms with van der Waals surface area (Å²) in [6, 6.07) is 2.89. The Morgan fingerprint density at radius 2 is 2.19 bits per heavy atom. The van der Waals surface area contributed by atoms with E-state index in [2.05, 4.69) is 56.0 Å². The molecule has 0 aliphatic carbocycles. The van der Waals surface area contributed by atoms with Crippen LogP contribution in [0.1, 0.15) is 37.4 Å². The van der Waals surface area contributed by atoms with E-state index in [-0.39, 0.29) is 0 Å². The van der Waals surface area contributed by atoms with E-state index in [0.29, 0.717) is 12.0 Å². The van der Waals surface area contributed by atoms with Crippen molar-refractivity contribution in [3.63, 3.8) is 0 Å². The molecule has 1 atom stereocenters. The highest BCUT2D eigenvalue weighted by molar-refractivity contribution is 5.20. The molecule has 21 heavy (non-hydrogen) atoms. The van der Waals surface area contributed by atoms with Crippen molar-refractivity contribution in [1.82, 2.24) is 15.1 Å². The first-order valence-electron chi connectivity index (χ1n) is 8.13. The zero-order valence-electron chi connectivity index (χ0n) is 14.3. The molecule has 1 aromatic rings. The molecule has 1 aliphatic rings.